The zero-order chi connectivity index (χ0) is 13.8. The Kier molecular flexibility index (Phi) is 5.40. The smallest absolute Gasteiger partial charge is 0.407 e. The van der Waals surface area contributed by atoms with Gasteiger partial charge in [-0.05, 0) is 27.2 Å². The molecule has 0 saturated carbocycles. The average molecular weight is 290 g/mol. The minimum absolute atomic E-state index is 0.0438. The fourth-order valence-corrected chi connectivity index (χ4v) is 2.46. The molecule has 1 fully saturated rings. The quantitative estimate of drug-likeness (QED) is 0.631. The maximum Gasteiger partial charge on any atom is 0.407 e. The topological polar surface area (TPSA) is 58.6 Å². The van der Waals surface area contributed by atoms with Crippen LogP contribution in [0.4, 0.5) is 4.79 Å². The molecule has 1 N–H and O–H groups in total. The van der Waals surface area contributed by atoms with Crippen molar-refractivity contribution in [1.29, 1.82) is 0 Å². The Labute approximate surface area is 117 Å². The zero-order valence-corrected chi connectivity index (χ0v) is 12.4. The normalized spacial score (nSPS) is 16.1. The molecule has 102 valence electrons. The number of carbonyl (C=O) groups excluding carboxylic acids is 2. The van der Waals surface area contributed by atoms with Gasteiger partial charge in [-0.15, -0.1) is 0 Å². The summed E-state index contributed by atoms with van der Waals surface area (Å²) in [5.74, 6) is 0.473. The number of thioether (sulfide) groups is 1. The van der Waals surface area contributed by atoms with Gasteiger partial charge in [0.05, 0.1) is 5.75 Å². The highest BCUT2D eigenvalue weighted by Gasteiger charge is 2.25. The molecule has 0 radical (unpaired) electrons. The van der Waals surface area contributed by atoms with E-state index in [1.807, 2.05) is 20.8 Å². The van der Waals surface area contributed by atoms with Gasteiger partial charge < -0.3 is 10.1 Å². The number of rotatable bonds is 4. The van der Waals surface area contributed by atoms with Crippen LogP contribution in [0, 0.1) is 0 Å². The summed E-state index contributed by atoms with van der Waals surface area (Å²) in [7, 11) is 0. The maximum absolute atomic E-state index is 11.4. The fraction of sp³-hybridized carbons (Fsp3) is 0.727. The van der Waals surface area contributed by atoms with Gasteiger partial charge >= 0.3 is 6.09 Å². The summed E-state index contributed by atoms with van der Waals surface area (Å²) in [6.45, 7) is 6.44. The van der Waals surface area contributed by atoms with Crippen LogP contribution in [0.15, 0.2) is 0 Å². The van der Waals surface area contributed by atoms with Gasteiger partial charge in [-0.3, -0.25) is 9.69 Å². The van der Waals surface area contributed by atoms with Gasteiger partial charge in [0.1, 0.15) is 9.92 Å². The first-order valence-corrected chi connectivity index (χ1v) is 7.13. The molecular weight excluding hydrogens is 272 g/mol. The summed E-state index contributed by atoms with van der Waals surface area (Å²) in [5, 5.41) is 2.64. The lowest BCUT2D eigenvalue weighted by Crippen LogP contribution is -2.35. The molecule has 1 aliphatic heterocycles. The number of alkyl carbamates (subject to hydrolysis) is 1. The highest BCUT2D eigenvalue weighted by atomic mass is 32.2. The molecule has 0 aromatic carbocycles. The van der Waals surface area contributed by atoms with Gasteiger partial charge in [0, 0.05) is 13.1 Å². The molecule has 1 aliphatic rings. The lowest BCUT2D eigenvalue weighted by atomic mass is 10.2. The predicted octanol–water partition coefficient (Wildman–Crippen LogP) is 1.76. The number of hydrogen-bond donors (Lipinski definition) is 1. The van der Waals surface area contributed by atoms with Crippen LogP contribution in [-0.4, -0.2) is 45.7 Å². The third-order valence-corrected chi connectivity index (χ3v) is 3.50. The maximum atomic E-state index is 11.4. The molecule has 0 aromatic rings. The third kappa shape index (κ3) is 5.22. The van der Waals surface area contributed by atoms with Crippen molar-refractivity contribution in [3.05, 3.63) is 0 Å². The molecule has 0 bridgehead atoms. The Morgan fingerprint density at radius 1 is 1.56 bits per heavy atom. The van der Waals surface area contributed by atoms with E-state index in [1.54, 1.807) is 4.90 Å². The van der Waals surface area contributed by atoms with Crippen LogP contribution >= 0.6 is 24.0 Å². The summed E-state index contributed by atoms with van der Waals surface area (Å²) >= 11 is 6.43. The minimum atomic E-state index is -0.493. The first kappa shape index (κ1) is 15.2. The summed E-state index contributed by atoms with van der Waals surface area (Å²) in [4.78, 5) is 24.3. The average Bonchev–Trinajstić information content (AvgIpc) is 2.52. The number of thiocarbonyl (C=S) groups is 1. The highest BCUT2D eigenvalue weighted by molar-refractivity contribution is 8.23. The molecule has 1 saturated heterocycles. The minimum Gasteiger partial charge on any atom is -0.444 e. The second-order valence-corrected chi connectivity index (χ2v) is 6.49. The van der Waals surface area contributed by atoms with Crippen molar-refractivity contribution in [2.75, 3.05) is 18.8 Å². The summed E-state index contributed by atoms with van der Waals surface area (Å²) in [6, 6.07) is 0. The number of ether oxygens (including phenoxy) is 1. The van der Waals surface area contributed by atoms with Crippen molar-refractivity contribution < 1.29 is 14.3 Å². The first-order chi connectivity index (χ1) is 8.29. The summed E-state index contributed by atoms with van der Waals surface area (Å²) in [6.07, 6.45) is 0.221. The van der Waals surface area contributed by atoms with E-state index in [2.05, 4.69) is 5.32 Å². The van der Waals surface area contributed by atoms with Crippen LogP contribution < -0.4 is 5.32 Å². The van der Waals surface area contributed by atoms with Crippen LogP contribution in [0.2, 0.25) is 0 Å². The molecule has 2 amide bonds. The van der Waals surface area contributed by atoms with E-state index in [-0.39, 0.29) is 5.91 Å². The molecule has 0 spiro atoms. The van der Waals surface area contributed by atoms with Crippen molar-refractivity contribution in [3.63, 3.8) is 0 Å². The molecule has 1 heterocycles. The van der Waals surface area contributed by atoms with Crippen molar-refractivity contribution >= 4 is 40.3 Å². The van der Waals surface area contributed by atoms with Gasteiger partial charge in [0.15, 0.2) is 0 Å². The lowest BCUT2D eigenvalue weighted by Gasteiger charge is -2.20. The van der Waals surface area contributed by atoms with E-state index >= 15 is 0 Å². The van der Waals surface area contributed by atoms with Gasteiger partial charge in [0.2, 0.25) is 5.91 Å². The van der Waals surface area contributed by atoms with E-state index in [0.717, 1.165) is 0 Å². The lowest BCUT2D eigenvalue weighted by molar-refractivity contribution is -0.124. The Balaban J connectivity index is 2.17. The second-order valence-electron chi connectivity index (χ2n) is 4.88. The van der Waals surface area contributed by atoms with Crippen molar-refractivity contribution in [2.24, 2.45) is 0 Å². The van der Waals surface area contributed by atoms with E-state index in [4.69, 9.17) is 17.0 Å². The molecule has 0 aliphatic carbocycles. The Morgan fingerprint density at radius 2 is 2.22 bits per heavy atom. The number of carbonyl (C=O) groups is 2. The molecule has 0 aromatic heterocycles. The summed E-state index contributed by atoms with van der Waals surface area (Å²) < 4.78 is 5.71. The van der Waals surface area contributed by atoms with E-state index in [1.165, 1.54) is 11.8 Å². The monoisotopic (exact) mass is 290 g/mol. The highest BCUT2D eigenvalue weighted by Crippen LogP contribution is 2.19. The third-order valence-electron chi connectivity index (χ3n) is 2.07. The Hall–Kier alpha value is -0.820. The fourth-order valence-electron chi connectivity index (χ4n) is 1.34. The zero-order valence-electron chi connectivity index (χ0n) is 10.8. The second kappa shape index (κ2) is 6.38. The van der Waals surface area contributed by atoms with E-state index in [0.29, 0.717) is 29.6 Å². The SMILES string of the molecule is CC(C)(C)OC(=O)NCCCN1C(=O)CSC1=S. The van der Waals surface area contributed by atoms with Gasteiger partial charge in [-0.25, -0.2) is 4.79 Å². The number of nitrogens with one attached hydrogen (secondary N) is 1. The Bertz CT molecular complexity index is 337. The van der Waals surface area contributed by atoms with Gasteiger partial charge in [0.25, 0.3) is 0 Å². The largest absolute Gasteiger partial charge is 0.444 e. The molecule has 1 rings (SSSR count). The number of hydrogen-bond acceptors (Lipinski definition) is 5. The molecule has 18 heavy (non-hydrogen) atoms. The molecule has 0 unspecified atom stereocenters. The van der Waals surface area contributed by atoms with Crippen molar-refractivity contribution in [1.82, 2.24) is 10.2 Å². The van der Waals surface area contributed by atoms with E-state index < -0.39 is 11.7 Å². The Morgan fingerprint density at radius 3 is 2.72 bits per heavy atom. The standard InChI is InChI=1S/C11H18N2O3S2/c1-11(2,3)16-9(15)12-5-4-6-13-8(14)7-18-10(13)17/h4-7H2,1-3H3,(H,12,15). The van der Waals surface area contributed by atoms with Gasteiger partial charge in [-0.1, -0.05) is 24.0 Å². The van der Waals surface area contributed by atoms with Crippen LogP contribution in [0.3, 0.4) is 0 Å². The molecule has 7 heteroatoms. The van der Waals surface area contributed by atoms with Gasteiger partial charge in [-0.2, -0.15) is 0 Å². The predicted molar refractivity (Wildman–Crippen MR) is 75.6 cm³/mol. The molecular formula is C11H18N2O3S2. The van der Waals surface area contributed by atoms with Crippen molar-refractivity contribution in [2.45, 2.75) is 32.8 Å². The number of amides is 2. The molecule has 0 atom stereocenters. The first-order valence-electron chi connectivity index (χ1n) is 5.73. The number of nitrogens with zero attached hydrogens (tertiary/aromatic N) is 1. The van der Waals surface area contributed by atoms with E-state index in [9.17, 15) is 9.59 Å². The van der Waals surface area contributed by atoms with Crippen LogP contribution in [0.1, 0.15) is 27.2 Å². The summed E-state index contributed by atoms with van der Waals surface area (Å²) in [5.41, 5.74) is -0.493. The van der Waals surface area contributed by atoms with Crippen LogP contribution in [0.25, 0.3) is 0 Å². The van der Waals surface area contributed by atoms with Crippen LogP contribution in [-0.2, 0) is 9.53 Å². The molecule has 5 nitrogen and oxygen atoms in total. The van der Waals surface area contributed by atoms with Crippen molar-refractivity contribution in [3.8, 4) is 0 Å². The van der Waals surface area contributed by atoms with Crippen LogP contribution in [0.5, 0.6) is 0 Å².